The molecule has 0 aliphatic rings. The lowest BCUT2D eigenvalue weighted by Crippen LogP contribution is -2.14. The predicted molar refractivity (Wildman–Crippen MR) is 73.7 cm³/mol. The summed E-state index contributed by atoms with van der Waals surface area (Å²) >= 11 is 0. The van der Waals surface area contributed by atoms with Crippen molar-refractivity contribution in [3.05, 3.63) is 29.8 Å². The Balaban J connectivity index is 2.42. The molecule has 0 bridgehead atoms. The van der Waals surface area contributed by atoms with Crippen molar-refractivity contribution in [3.8, 4) is 0 Å². The molecule has 0 amide bonds. The van der Waals surface area contributed by atoms with E-state index in [0.29, 0.717) is 31.3 Å². The third-order valence-electron chi connectivity index (χ3n) is 2.59. The smallest absolute Gasteiger partial charge is 0.180 e. The van der Waals surface area contributed by atoms with Crippen LogP contribution in [0.15, 0.2) is 29.2 Å². The summed E-state index contributed by atoms with van der Waals surface area (Å²) in [6, 6.07) is 6.61. The number of hydrogen-bond donors (Lipinski definition) is 1. The van der Waals surface area contributed by atoms with Gasteiger partial charge in [0, 0.05) is 13.2 Å². The highest BCUT2D eigenvalue weighted by atomic mass is 32.2. The fourth-order valence-electron chi connectivity index (χ4n) is 1.48. The third kappa shape index (κ3) is 5.69. The Labute approximate surface area is 114 Å². The van der Waals surface area contributed by atoms with Gasteiger partial charge in [-0.3, -0.25) is 0 Å². The van der Waals surface area contributed by atoms with Gasteiger partial charge < -0.3 is 15.2 Å². The van der Waals surface area contributed by atoms with Gasteiger partial charge in [-0.25, -0.2) is 8.42 Å². The van der Waals surface area contributed by atoms with Crippen LogP contribution in [0, 0.1) is 0 Å². The molecule has 0 radical (unpaired) electrons. The lowest BCUT2D eigenvalue weighted by Gasteiger charge is -2.06. The van der Waals surface area contributed by atoms with Crippen molar-refractivity contribution in [1.29, 1.82) is 0 Å². The van der Waals surface area contributed by atoms with Crippen molar-refractivity contribution < 1.29 is 17.9 Å². The van der Waals surface area contributed by atoms with E-state index in [2.05, 4.69) is 0 Å². The van der Waals surface area contributed by atoms with Crippen LogP contribution in [0.25, 0.3) is 0 Å². The van der Waals surface area contributed by atoms with Crippen molar-refractivity contribution in [1.82, 2.24) is 0 Å². The highest BCUT2D eigenvalue weighted by Gasteiger charge is 2.13. The quantitative estimate of drug-likeness (QED) is 0.685. The zero-order valence-electron chi connectivity index (χ0n) is 11.2. The topological polar surface area (TPSA) is 78.6 Å². The molecule has 108 valence electrons. The largest absolute Gasteiger partial charge is 0.379 e. The lowest BCUT2D eigenvalue weighted by molar-refractivity contribution is 0.0590. The van der Waals surface area contributed by atoms with E-state index in [1.54, 1.807) is 24.3 Å². The van der Waals surface area contributed by atoms with Crippen LogP contribution in [-0.4, -0.2) is 40.6 Å². The summed E-state index contributed by atoms with van der Waals surface area (Å²) in [5.41, 5.74) is 6.37. The van der Waals surface area contributed by atoms with Gasteiger partial charge in [0.15, 0.2) is 9.84 Å². The maximum Gasteiger partial charge on any atom is 0.180 e. The second-order valence-electron chi connectivity index (χ2n) is 3.98. The van der Waals surface area contributed by atoms with E-state index in [1.807, 2.05) is 6.92 Å². The fraction of sp³-hybridized carbons (Fsp3) is 0.538. The van der Waals surface area contributed by atoms with Crippen molar-refractivity contribution >= 4 is 9.84 Å². The summed E-state index contributed by atoms with van der Waals surface area (Å²) in [6.07, 6.45) is 0. The molecule has 0 heterocycles. The van der Waals surface area contributed by atoms with Crippen LogP contribution in [0.5, 0.6) is 0 Å². The van der Waals surface area contributed by atoms with Gasteiger partial charge in [-0.15, -0.1) is 0 Å². The Hall–Kier alpha value is -0.950. The van der Waals surface area contributed by atoms with Crippen LogP contribution in [0.3, 0.4) is 0 Å². The summed E-state index contributed by atoms with van der Waals surface area (Å²) in [5, 5.41) is 0. The molecule has 0 aromatic heterocycles. The molecule has 0 aliphatic carbocycles. The zero-order chi connectivity index (χ0) is 14.1. The van der Waals surface area contributed by atoms with Crippen molar-refractivity contribution in [2.24, 2.45) is 5.73 Å². The molecule has 19 heavy (non-hydrogen) atoms. The molecule has 0 spiro atoms. The van der Waals surface area contributed by atoms with Crippen molar-refractivity contribution in [2.45, 2.75) is 18.4 Å². The van der Waals surface area contributed by atoms with Crippen LogP contribution < -0.4 is 5.73 Å². The molecule has 0 unspecified atom stereocenters. The first-order chi connectivity index (χ1) is 9.10. The maximum absolute atomic E-state index is 12.0. The van der Waals surface area contributed by atoms with Crippen molar-refractivity contribution in [2.75, 3.05) is 32.2 Å². The first-order valence-corrected chi connectivity index (χ1v) is 7.92. The molecule has 1 aromatic rings. The summed E-state index contributed by atoms with van der Waals surface area (Å²) in [6.45, 7) is 4.01. The van der Waals surface area contributed by atoms with Gasteiger partial charge in [0.1, 0.15) is 0 Å². The summed E-state index contributed by atoms with van der Waals surface area (Å²) < 4.78 is 34.3. The highest BCUT2D eigenvalue weighted by molar-refractivity contribution is 7.91. The zero-order valence-corrected chi connectivity index (χ0v) is 12.0. The molecule has 0 saturated heterocycles. The van der Waals surface area contributed by atoms with E-state index in [1.165, 1.54) is 0 Å². The summed E-state index contributed by atoms with van der Waals surface area (Å²) in [4.78, 5) is 0.304. The van der Waals surface area contributed by atoms with E-state index in [-0.39, 0.29) is 12.4 Å². The normalized spacial score (nSPS) is 11.7. The molecular weight excluding hydrogens is 266 g/mol. The van der Waals surface area contributed by atoms with E-state index >= 15 is 0 Å². The Kier molecular flexibility index (Phi) is 7.01. The van der Waals surface area contributed by atoms with E-state index in [0.717, 1.165) is 5.56 Å². The molecule has 0 aliphatic heterocycles. The van der Waals surface area contributed by atoms with E-state index in [9.17, 15) is 8.42 Å². The summed E-state index contributed by atoms with van der Waals surface area (Å²) in [7, 11) is -3.28. The number of benzene rings is 1. The molecule has 1 aromatic carbocycles. The van der Waals surface area contributed by atoms with Crippen LogP contribution in [0.1, 0.15) is 12.5 Å². The van der Waals surface area contributed by atoms with Gasteiger partial charge in [-0.1, -0.05) is 12.1 Å². The second kappa shape index (κ2) is 8.27. The molecule has 6 heteroatoms. The average molecular weight is 287 g/mol. The minimum Gasteiger partial charge on any atom is -0.379 e. The van der Waals surface area contributed by atoms with Gasteiger partial charge in [-0.2, -0.15) is 0 Å². The van der Waals surface area contributed by atoms with E-state index < -0.39 is 9.84 Å². The van der Waals surface area contributed by atoms with Gasteiger partial charge in [0.25, 0.3) is 0 Å². The SMILES string of the molecule is CCOCCOCCS(=O)(=O)c1ccc(CN)cc1. The Morgan fingerprint density at radius 1 is 1.05 bits per heavy atom. The second-order valence-corrected chi connectivity index (χ2v) is 6.09. The fourth-order valence-corrected chi connectivity index (χ4v) is 2.61. The first-order valence-electron chi connectivity index (χ1n) is 6.27. The molecule has 0 atom stereocenters. The summed E-state index contributed by atoms with van der Waals surface area (Å²) in [5.74, 6) is -0.0267. The molecule has 2 N–H and O–H groups in total. The van der Waals surface area contributed by atoms with Crippen LogP contribution in [-0.2, 0) is 25.9 Å². The number of hydrogen-bond acceptors (Lipinski definition) is 5. The van der Waals surface area contributed by atoms with Gasteiger partial charge in [0.05, 0.1) is 30.5 Å². The molecule has 0 saturated carbocycles. The predicted octanol–water partition coefficient (Wildman–Crippen LogP) is 0.972. The highest BCUT2D eigenvalue weighted by Crippen LogP contribution is 2.12. The minimum absolute atomic E-state index is 0.0267. The first kappa shape index (κ1) is 16.1. The van der Waals surface area contributed by atoms with Crippen LogP contribution in [0.4, 0.5) is 0 Å². The molecular formula is C13H21NO4S. The number of sulfone groups is 1. The third-order valence-corrected chi connectivity index (χ3v) is 4.29. The van der Waals surface area contributed by atoms with E-state index in [4.69, 9.17) is 15.2 Å². The van der Waals surface area contributed by atoms with Crippen LogP contribution in [0.2, 0.25) is 0 Å². The van der Waals surface area contributed by atoms with Crippen molar-refractivity contribution in [3.63, 3.8) is 0 Å². The van der Waals surface area contributed by atoms with Gasteiger partial charge in [-0.05, 0) is 24.6 Å². The maximum atomic E-state index is 12.0. The Morgan fingerprint density at radius 3 is 2.26 bits per heavy atom. The minimum atomic E-state index is -3.28. The van der Waals surface area contributed by atoms with Gasteiger partial charge in [0.2, 0.25) is 0 Å². The van der Waals surface area contributed by atoms with Crippen LogP contribution >= 0.6 is 0 Å². The molecule has 5 nitrogen and oxygen atoms in total. The lowest BCUT2D eigenvalue weighted by atomic mass is 10.2. The van der Waals surface area contributed by atoms with Gasteiger partial charge >= 0.3 is 0 Å². The number of nitrogens with two attached hydrogens (primary N) is 1. The molecule has 0 fully saturated rings. The Bertz CT molecular complexity index is 456. The molecule has 1 rings (SSSR count). The Morgan fingerprint density at radius 2 is 1.68 bits per heavy atom. The monoisotopic (exact) mass is 287 g/mol. The average Bonchev–Trinajstić information content (AvgIpc) is 2.43. The standard InChI is InChI=1S/C13H21NO4S/c1-2-17-7-8-18-9-10-19(15,16)13-5-3-12(11-14)4-6-13/h3-6H,2,7-11,14H2,1H3. The number of rotatable bonds is 9. The number of ether oxygens (including phenoxy) is 2.